The Morgan fingerprint density at radius 2 is 1.88 bits per heavy atom. The molecule has 0 aliphatic rings. The van der Waals surface area contributed by atoms with Gasteiger partial charge in [-0.25, -0.2) is 4.39 Å². The van der Waals surface area contributed by atoms with Crippen molar-refractivity contribution in [1.29, 1.82) is 0 Å². The number of halogens is 3. The molecule has 0 aliphatic heterocycles. The number of aromatic nitrogens is 1. The Morgan fingerprint density at radius 3 is 2.59 bits per heavy atom. The maximum atomic E-state index is 13.1. The van der Waals surface area contributed by atoms with Gasteiger partial charge in [0.15, 0.2) is 0 Å². The summed E-state index contributed by atoms with van der Waals surface area (Å²) in [5.41, 5.74) is 0.761. The van der Waals surface area contributed by atoms with Crippen molar-refractivity contribution in [3.05, 3.63) is 57.0 Å². The highest BCUT2D eigenvalue weighted by atomic mass is 79.9. The molecule has 0 atom stereocenters. The standard InChI is InChI=1S/C12H8Br2FNO/c13-9-1-8(2-11(15)3-9)7-17-12-4-10(14)5-16-6-12/h1-6H,7H2. The molecular formula is C12H8Br2FNO. The molecule has 0 saturated heterocycles. The zero-order chi connectivity index (χ0) is 12.3. The number of benzene rings is 1. The molecule has 1 aromatic heterocycles. The number of pyridine rings is 1. The van der Waals surface area contributed by atoms with Crippen molar-refractivity contribution in [2.24, 2.45) is 0 Å². The van der Waals surface area contributed by atoms with E-state index in [1.807, 2.05) is 6.07 Å². The first-order valence-electron chi connectivity index (χ1n) is 4.82. The maximum absolute atomic E-state index is 13.1. The van der Waals surface area contributed by atoms with Crippen LogP contribution >= 0.6 is 31.9 Å². The predicted molar refractivity (Wildman–Crippen MR) is 70.4 cm³/mol. The highest BCUT2D eigenvalue weighted by Gasteiger charge is 2.01. The van der Waals surface area contributed by atoms with Crippen LogP contribution in [0.2, 0.25) is 0 Å². The van der Waals surface area contributed by atoms with Gasteiger partial charge in [0, 0.05) is 15.1 Å². The van der Waals surface area contributed by atoms with Crippen LogP contribution in [0, 0.1) is 5.82 Å². The van der Waals surface area contributed by atoms with Gasteiger partial charge in [-0.15, -0.1) is 0 Å². The molecule has 0 saturated carbocycles. The Morgan fingerprint density at radius 1 is 1.06 bits per heavy atom. The van der Waals surface area contributed by atoms with E-state index < -0.39 is 0 Å². The van der Waals surface area contributed by atoms with E-state index >= 15 is 0 Å². The summed E-state index contributed by atoms with van der Waals surface area (Å²) in [6.07, 6.45) is 3.28. The van der Waals surface area contributed by atoms with Gasteiger partial charge in [0.05, 0.1) is 6.20 Å². The summed E-state index contributed by atoms with van der Waals surface area (Å²) >= 11 is 6.54. The largest absolute Gasteiger partial charge is 0.487 e. The lowest BCUT2D eigenvalue weighted by molar-refractivity contribution is 0.304. The smallest absolute Gasteiger partial charge is 0.139 e. The first-order valence-corrected chi connectivity index (χ1v) is 6.40. The van der Waals surface area contributed by atoms with Crippen molar-refractivity contribution >= 4 is 31.9 Å². The average molecular weight is 361 g/mol. The van der Waals surface area contributed by atoms with Gasteiger partial charge in [-0.3, -0.25) is 4.98 Å². The Bertz CT molecular complexity index is 513. The van der Waals surface area contributed by atoms with Gasteiger partial charge in [0.2, 0.25) is 0 Å². The second-order valence-electron chi connectivity index (χ2n) is 3.41. The normalized spacial score (nSPS) is 10.3. The van der Waals surface area contributed by atoms with Crippen molar-refractivity contribution in [3.63, 3.8) is 0 Å². The molecule has 0 aliphatic carbocycles. The molecule has 2 aromatic rings. The molecule has 0 spiro atoms. The molecule has 0 bridgehead atoms. The molecule has 88 valence electrons. The van der Waals surface area contributed by atoms with Crippen molar-refractivity contribution in [3.8, 4) is 5.75 Å². The molecule has 5 heteroatoms. The number of hydrogen-bond acceptors (Lipinski definition) is 2. The minimum Gasteiger partial charge on any atom is -0.487 e. The van der Waals surface area contributed by atoms with Gasteiger partial charge in [-0.1, -0.05) is 15.9 Å². The lowest BCUT2D eigenvalue weighted by atomic mass is 10.2. The van der Waals surface area contributed by atoms with Crippen LogP contribution in [0.3, 0.4) is 0 Å². The van der Waals surface area contributed by atoms with Crippen molar-refractivity contribution < 1.29 is 9.13 Å². The van der Waals surface area contributed by atoms with E-state index in [-0.39, 0.29) is 5.82 Å². The van der Waals surface area contributed by atoms with E-state index in [2.05, 4.69) is 36.8 Å². The first kappa shape index (κ1) is 12.5. The third-order valence-electron chi connectivity index (χ3n) is 2.01. The Balaban J connectivity index is 2.07. The topological polar surface area (TPSA) is 22.1 Å². The van der Waals surface area contributed by atoms with E-state index in [4.69, 9.17) is 4.74 Å². The van der Waals surface area contributed by atoms with E-state index in [1.165, 1.54) is 12.1 Å². The van der Waals surface area contributed by atoms with Gasteiger partial charge >= 0.3 is 0 Å². The van der Waals surface area contributed by atoms with Crippen LogP contribution in [0.4, 0.5) is 4.39 Å². The minimum atomic E-state index is -0.287. The molecule has 0 N–H and O–H groups in total. The Kier molecular flexibility index (Phi) is 4.12. The summed E-state index contributed by atoms with van der Waals surface area (Å²) in [6, 6.07) is 6.47. The molecule has 1 aromatic carbocycles. The van der Waals surface area contributed by atoms with Crippen LogP contribution in [-0.4, -0.2) is 4.98 Å². The zero-order valence-electron chi connectivity index (χ0n) is 8.66. The van der Waals surface area contributed by atoms with Crippen molar-refractivity contribution in [1.82, 2.24) is 4.98 Å². The zero-order valence-corrected chi connectivity index (χ0v) is 11.8. The summed E-state index contributed by atoms with van der Waals surface area (Å²) in [4.78, 5) is 3.98. The van der Waals surface area contributed by atoms with Gasteiger partial charge < -0.3 is 4.74 Å². The van der Waals surface area contributed by atoms with Crippen molar-refractivity contribution in [2.45, 2.75) is 6.61 Å². The number of nitrogens with zero attached hydrogens (tertiary/aromatic N) is 1. The third-order valence-corrected chi connectivity index (χ3v) is 2.90. The molecular weight excluding hydrogens is 353 g/mol. The fourth-order valence-corrected chi connectivity index (χ4v) is 2.19. The molecule has 17 heavy (non-hydrogen) atoms. The number of ether oxygens (including phenoxy) is 1. The molecule has 0 amide bonds. The van der Waals surface area contributed by atoms with Gasteiger partial charge in [0.1, 0.15) is 18.2 Å². The van der Waals surface area contributed by atoms with E-state index in [0.29, 0.717) is 16.8 Å². The maximum Gasteiger partial charge on any atom is 0.139 e. The highest BCUT2D eigenvalue weighted by molar-refractivity contribution is 9.10. The summed E-state index contributed by atoms with van der Waals surface area (Å²) in [5, 5.41) is 0. The van der Waals surface area contributed by atoms with Crippen LogP contribution in [0.15, 0.2) is 45.6 Å². The van der Waals surface area contributed by atoms with Gasteiger partial charge in [-0.05, 0) is 45.8 Å². The van der Waals surface area contributed by atoms with Crippen LogP contribution in [0.1, 0.15) is 5.56 Å². The fourth-order valence-electron chi connectivity index (χ4n) is 1.33. The number of rotatable bonds is 3. The molecule has 0 fully saturated rings. The SMILES string of the molecule is Fc1cc(Br)cc(COc2cncc(Br)c2)c1. The van der Waals surface area contributed by atoms with Gasteiger partial charge in [-0.2, -0.15) is 0 Å². The predicted octanol–water partition coefficient (Wildman–Crippen LogP) is 4.32. The lowest BCUT2D eigenvalue weighted by Crippen LogP contribution is -1.96. The second-order valence-corrected chi connectivity index (χ2v) is 5.24. The molecule has 0 radical (unpaired) electrons. The Hall–Kier alpha value is -0.940. The summed E-state index contributed by atoms with van der Waals surface area (Å²) in [5.74, 6) is 0.352. The minimum absolute atomic E-state index is 0.287. The molecule has 2 nitrogen and oxygen atoms in total. The van der Waals surface area contributed by atoms with Crippen LogP contribution in [0.5, 0.6) is 5.75 Å². The highest BCUT2D eigenvalue weighted by Crippen LogP contribution is 2.19. The summed E-state index contributed by atoms with van der Waals surface area (Å²) in [7, 11) is 0. The monoisotopic (exact) mass is 359 g/mol. The first-order chi connectivity index (χ1) is 8.13. The Labute approximate surface area is 115 Å². The van der Waals surface area contributed by atoms with Crippen molar-refractivity contribution in [2.75, 3.05) is 0 Å². The van der Waals surface area contributed by atoms with E-state index in [9.17, 15) is 4.39 Å². The molecule has 0 unspecified atom stereocenters. The second kappa shape index (κ2) is 5.60. The van der Waals surface area contributed by atoms with Crippen LogP contribution in [-0.2, 0) is 6.61 Å². The van der Waals surface area contributed by atoms with E-state index in [0.717, 1.165) is 10.0 Å². The van der Waals surface area contributed by atoms with E-state index in [1.54, 1.807) is 18.5 Å². The quantitative estimate of drug-likeness (QED) is 0.812. The van der Waals surface area contributed by atoms with Gasteiger partial charge in [0.25, 0.3) is 0 Å². The number of hydrogen-bond donors (Lipinski definition) is 0. The fraction of sp³-hybridized carbons (Fsp3) is 0.0833. The molecule has 1 heterocycles. The average Bonchev–Trinajstić information content (AvgIpc) is 2.25. The van der Waals surface area contributed by atoms with Crippen LogP contribution < -0.4 is 4.74 Å². The summed E-state index contributed by atoms with van der Waals surface area (Å²) < 4.78 is 20.2. The lowest BCUT2D eigenvalue weighted by Gasteiger charge is -2.06. The summed E-state index contributed by atoms with van der Waals surface area (Å²) in [6.45, 7) is 0.300. The molecule has 2 rings (SSSR count). The van der Waals surface area contributed by atoms with Crippen LogP contribution in [0.25, 0.3) is 0 Å². The third kappa shape index (κ3) is 3.78.